The van der Waals surface area contributed by atoms with Crippen molar-refractivity contribution in [1.29, 1.82) is 0 Å². The third-order valence-electron chi connectivity index (χ3n) is 17.6. The predicted octanol–water partition coefficient (Wildman–Crippen LogP) is 5.25. The Bertz CT molecular complexity index is 3540. The monoisotopic (exact) mass is 1510 g/mol. The van der Waals surface area contributed by atoms with Gasteiger partial charge in [-0.15, -0.1) is 0 Å². The van der Waals surface area contributed by atoms with Crippen molar-refractivity contribution in [2.24, 2.45) is 5.73 Å². The van der Waals surface area contributed by atoms with Gasteiger partial charge in [0.15, 0.2) is 0 Å². The number of allylic oxidation sites excluding steroid dienone is 3. The van der Waals surface area contributed by atoms with Crippen molar-refractivity contribution in [3.05, 3.63) is 81.7 Å². The van der Waals surface area contributed by atoms with Crippen LogP contribution >= 0.6 is 35.1 Å². The fraction of sp³-hybridized carbons (Fsp3) is 0.606. The van der Waals surface area contributed by atoms with Crippen LogP contribution in [0.5, 0.6) is 5.75 Å². The number of aromatic nitrogens is 2. The average molecular weight is 1510 g/mol. The van der Waals surface area contributed by atoms with Crippen LogP contribution in [-0.2, 0) is 94.2 Å². The Kier molecular flexibility index (Phi) is 34.3. The molecule has 3 aromatic rings. The molecule has 2 saturated heterocycles. The second kappa shape index (κ2) is 41.9. The van der Waals surface area contributed by atoms with Gasteiger partial charge in [0.1, 0.15) is 52.3 Å². The maximum absolute atomic E-state index is 14.4. The summed E-state index contributed by atoms with van der Waals surface area (Å²) in [5.41, 5.74) is 13.4. The van der Waals surface area contributed by atoms with Gasteiger partial charge in [0, 0.05) is 76.9 Å². The van der Waals surface area contributed by atoms with Crippen LogP contribution in [0.1, 0.15) is 134 Å². The zero-order valence-corrected chi connectivity index (χ0v) is 63.8. The first-order valence-corrected chi connectivity index (χ1v) is 37.4. The fourth-order valence-corrected chi connectivity index (χ4v) is 13.3. The first kappa shape index (κ1) is 85.2. The number of hydrogen-bond acceptors (Lipinski definition) is 23. The molecule has 104 heavy (non-hydrogen) atoms. The topological polar surface area (TPSA) is 384 Å². The lowest BCUT2D eigenvalue weighted by Crippen LogP contribution is -2.70. The summed E-state index contributed by atoms with van der Waals surface area (Å²) < 4.78 is 52.2. The Morgan fingerprint density at radius 2 is 1.48 bits per heavy atom. The van der Waals surface area contributed by atoms with E-state index in [4.69, 9.17) is 69.9 Å². The van der Waals surface area contributed by atoms with Crippen LogP contribution in [0.25, 0.3) is 11.0 Å². The Balaban J connectivity index is 0.850. The molecule has 7 rings (SSSR count). The van der Waals surface area contributed by atoms with E-state index in [0.29, 0.717) is 60.4 Å². The number of esters is 1. The number of rotatable bonds is 37. The van der Waals surface area contributed by atoms with Crippen molar-refractivity contribution in [2.45, 2.75) is 183 Å². The summed E-state index contributed by atoms with van der Waals surface area (Å²) in [5.74, 6) is -4.07. The number of nitrogens with two attached hydrogens (primary N) is 1. The number of methoxy groups -OCH3 is 2. The molecule has 2 fully saturated rings. The van der Waals surface area contributed by atoms with Gasteiger partial charge < -0.3 is 79.4 Å². The van der Waals surface area contributed by atoms with E-state index in [1.54, 1.807) is 64.0 Å². The van der Waals surface area contributed by atoms with Crippen LogP contribution in [-0.4, -0.2) is 227 Å². The quantitative estimate of drug-likeness (QED) is 0.0220. The van der Waals surface area contributed by atoms with Gasteiger partial charge in [0.2, 0.25) is 35.4 Å². The molecule has 9 atom stereocenters. The molecule has 1 unspecified atom stereocenters. The molecule has 2 aromatic carbocycles. The number of hydrazine groups is 1. The molecule has 574 valence electrons. The minimum absolute atomic E-state index is 0.0471. The molecule has 0 aliphatic carbocycles. The van der Waals surface area contributed by atoms with E-state index in [9.17, 15) is 47.9 Å². The lowest BCUT2D eigenvalue weighted by molar-refractivity contribution is -0.322. The van der Waals surface area contributed by atoms with Gasteiger partial charge in [-0.2, -0.15) is 23.5 Å². The second-order valence-corrected chi connectivity index (χ2v) is 29.1. The summed E-state index contributed by atoms with van der Waals surface area (Å²) >= 11 is 10.3. The van der Waals surface area contributed by atoms with Gasteiger partial charge in [0.05, 0.1) is 113 Å². The summed E-state index contributed by atoms with van der Waals surface area (Å²) in [7, 11) is 5.98. The number of primary amides is 1. The number of alkyl carbamates (subject to hydrolysis) is 1. The molecule has 33 heteroatoms. The van der Waals surface area contributed by atoms with E-state index >= 15 is 0 Å². The van der Waals surface area contributed by atoms with Gasteiger partial charge in [-0.05, 0) is 101 Å². The Morgan fingerprint density at radius 3 is 2.13 bits per heavy atom. The molecule has 6 bridgehead atoms. The molecule has 8 N–H and O–H groups in total. The third-order valence-corrected chi connectivity index (χ3v) is 19.6. The fourth-order valence-electron chi connectivity index (χ4n) is 11.7. The highest BCUT2D eigenvalue weighted by Gasteiger charge is 2.62. The standard InChI is InChI=1S/C71H102ClN11O19S2/c1-42(2)104-40-53-52(39-103-12)77-49-35-47(20-21-48(49)76-53)66(90)74-23-25-97-27-29-99-31-30-98-28-26-96-24-22-60(85)78-51(37-59(73)84)67(91)75-44(4)65(89)81-80-61(86)18-13-14-19-62(87)82(8)45(5)68(92)100-58-38-63(88)83(9)54-33-46(34-56(95-11)64(54)72)32-43(3)16-15-17-55(94-10)50-36-57(101-69(93)79-50)70(6)41-71(58,7)102-70/h15-17,20-21,33-35,42,44-45,50-51,55,57-58H,13-14,18-19,22-32,36-41H2,1-12H3,(H2,73,84)(H,74,90)(H,75,91)(H,78,85)(H,79,93)(H,80,86)(H,81,89)/b17-15+,43-16+/t44-,45-,50+,51-,55+,57-,58-,70?,71+/m0/s1. The first-order chi connectivity index (χ1) is 49.5. The highest BCUT2D eigenvalue weighted by Crippen LogP contribution is 2.50. The number of ether oxygens (including phenoxy) is 9. The number of thioether (sulfide) groups is 2. The number of unbranched alkanes of at least 4 members (excludes halogenated alkanes) is 1. The number of fused-ring (bicyclic) bond motifs is 7. The Morgan fingerprint density at radius 1 is 0.827 bits per heavy atom. The molecular formula is C71H102ClN11O19S2. The number of likely N-dealkylation sites (N-methyl/N-ethyl adjacent to an activating group) is 1. The van der Waals surface area contributed by atoms with Crippen LogP contribution < -0.4 is 47.5 Å². The maximum atomic E-state index is 14.4. The van der Waals surface area contributed by atoms with Gasteiger partial charge in [-0.25, -0.2) is 19.6 Å². The van der Waals surface area contributed by atoms with Crippen molar-refractivity contribution >= 4 is 111 Å². The first-order valence-electron chi connectivity index (χ1n) is 34.6. The Hall–Kier alpha value is -7.69. The van der Waals surface area contributed by atoms with Crippen molar-refractivity contribution in [3.63, 3.8) is 0 Å². The average Bonchev–Trinajstić information content (AvgIpc) is 0.739. The van der Waals surface area contributed by atoms with Gasteiger partial charge in [0.25, 0.3) is 11.8 Å². The zero-order valence-electron chi connectivity index (χ0n) is 61.4. The SMILES string of the molecule is COc1cc2cc(c1Cl)N(C)C(=O)C[C@H](OC(=O)[C@H](C)N(C)C(=O)CCCCC(=O)NNC(=O)[C@H](C)NC(=O)[C@H](CC(N)=O)NC(=O)CCOCCOCCOCCOCCNC(=O)c1ccc3nc(CSC(C)C)c(CSC)nc3c1)[C@@]1(C)CC(C)(O1)[C@@H]1C[C@@H](NC(=O)O1)[C@H](OC)/C=C/C=C(\C)C2. The van der Waals surface area contributed by atoms with E-state index in [1.807, 2.05) is 49.2 Å². The minimum Gasteiger partial charge on any atom is -0.495 e. The van der Waals surface area contributed by atoms with E-state index in [2.05, 4.69) is 46.0 Å². The van der Waals surface area contributed by atoms with Crippen LogP contribution in [0, 0.1) is 0 Å². The lowest BCUT2D eigenvalue weighted by atomic mass is 9.72. The molecule has 1 aromatic heterocycles. The largest absolute Gasteiger partial charge is 0.495 e. The van der Waals surface area contributed by atoms with E-state index in [-0.39, 0.29) is 95.5 Å². The molecule has 4 aliphatic rings. The summed E-state index contributed by atoms with van der Waals surface area (Å²) in [4.78, 5) is 144. The summed E-state index contributed by atoms with van der Waals surface area (Å²) in [6, 6.07) is 4.54. The van der Waals surface area contributed by atoms with E-state index in [0.717, 1.165) is 39.5 Å². The summed E-state index contributed by atoms with van der Waals surface area (Å²) in [5, 5.41) is 11.2. The molecule has 0 saturated carbocycles. The molecule has 30 nitrogen and oxygen atoms in total. The van der Waals surface area contributed by atoms with Crippen LogP contribution in [0.3, 0.4) is 0 Å². The van der Waals surface area contributed by atoms with Crippen molar-refractivity contribution in [2.75, 3.05) is 98.9 Å². The molecule has 0 spiro atoms. The Labute approximate surface area is 620 Å². The number of hydrogen-bond donors (Lipinski definition) is 7. The number of nitrogens with zero attached hydrogens (tertiary/aromatic N) is 4. The van der Waals surface area contributed by atoms with Gasteiger partial charge in [-0.1, -0.05) is 49.2 Å². The van der Waals surface area contributed by atoms with Gasteiger partial charge in [-0.3, -0.25) is 49.2 Å². The number of carbonyl (C=O) groups is 10. The molecule has 9 amide bonds. The molecule has 5 heterocycles. The van der Waals surface area contributed by atoms with Crippen molar-refractivity contribution < 1.29 is 90.6 Å². The highest BCUT2D eigenvalue weighted by molar-refractivity contribution is 7.99. The molecular weight excluding hydrogens is 1410 g/mol. The number of benzene rings is 2. The minimum atomic E-state index is -1.44. The van der Waals surface area contributed by atoms with E-state index < -0.39 is 114 Å². The highest BCUT2D eigenvalue weighted by atomic mass is 35.5. The summed E-state index contributed by atoms with van der Waals surface area (Å²) in [6.07, 6.45) is 4.42. The molecule has 4 aliphatic heterocycles. The van der Waals surface area contributed by atoms with Gasteiger partial charge >= 0.3 is 12.1 Å². The third kappa shape index (κ3) is 26.1. The number of amides is 9. The zero-order chi connectivity index (χ0) is 76.3. The van der Waals surface area contributed by atoms with Crippen molar-refractivity contribution in [1.82, 2.24) is 47.0 Å². The normalized spacial score (nSPS) is 21.3. The number of nitrogens with one attached hydrogen (secondary N) is 6. The van der Waals surface area contributed by atoms with Crippen LogP contribution in [0.2, 0.25) is 5.02 Å². The van der Waals surface area contributed by atoms with Crippen molar-refractivity contribution in [3.8, 4) is 5.75 Å². The number of halogens is 1. The smallest absolute Gasteiger partial charge is 0.407 e. The lowest BCUT2D eigenvalue weighted by Gasteiger charge is -2.58. The number of carbonyl (C=O) groups excluding carboxylic acids is 10. The number of anilines is 1. The molecule has 0 radical (unpaired) electrons. The predicted molar refractivity (Wildman–Crippen MR) is 391 cm³/mol. The second-order valence-electron chi connectivity index (χ2n) is 26.3. The van der Waals surface area contributed by atoms with E-state index in [1.165, 1.54) is 37.8 Å². The van der Waals surface area contributed by atoms with Crippen LogP contribution in [0.15, 0.2) is 54.1 Å². The summed E-state index contributed by atoms with van der Waals surface area (Å²) in [6.45, 7) is 14.6. The van der Waals surface area contributed by atoms with Crippen LogP contribution in [0.4, 0.5) is 10.5 Å². The maximum Gasteiger partial charge on any atom is 0.407 e.